The third-order valence-corrected chi connectivity index (χ3v) is 9.76. The third kappa shape index (κ3) is 4.79. The Labute approximate surface area is 289 Å². The van der Waals surface area contributed by atoms with Crippen LogP contribution in [0.25, 0.3) is 99.2 Å². The van der Waals surface area contributed by atoms with E-state index in [4.69, 9.17) is 15.0 Å². The van der Waals surface area contributed by atoms with Crippen molar-refractivity contribution in [3.8, 4) is 44.8 Å². The number of fused-ring (bicyclic) bond motifs is 7. The van der Waals surface area contributed by atoms with Gasteiger partial charge in [0.05, 0.1) is 33.5 Å². The van der Waals surface area contributed by atoms with Crippen LogP contribution in [0, 0.1) is 0 Å². The Morgan fingerprint density at radius 2 is 0.880 bits per heavy atom. The molecule has 232 valence electrons. The topological polar surface area (TPSA) is 38.7 Å². The maximum Gasteiger partial charge on any atom is 0.0980 e. The predicted molar refractivity (Wildman–Crippen MR) is 209 cm³/mol. The number of benzene rings is 7. The summed E-state index contributed by atoms with van der Waals surface area (Å²) in [6.07, 6.45) is 0. The number of pyridine rings is 3. The van der Waals surface area contributed by atoms with Gasteiger partial charge in [-0.2, -0.15) is 0 Å². The predicted octanol–water partition coefficient (Wildman–Crippen LogP) is 12.3. The molecule has 0 aliphatic rings. The van der Waals surface area contributed by atoms with Gasteiger partial charge < -0.3 is 0 Å². The molecule has 50 heavy (non-hydrogen) atoms. The normalized spacial score (nSPS) is 11.6. The summed E-state index contributed by atoms with van der Waals surface area (Å²) >= 11 is 0. The van der Waals surface area contributed by atoms with Crippen molar-refractivity contribution in [2.24, 2.45) is 0 Å². The van der Waals surface area contributed by atoms with E-state index in [9.17, 15) is 0 Å². The zero-order valence-electron chi connectivity index (χ0n) is 27.1. The van der Waals surface area contributed by atoms with Gasteiger partial charge in [0.15, 0.2) is 0 Å². The molecule has 0 aliphatic heterocycles. The van der Waals surface area contributed by atoms with Crippen LogP contribution in [0.2, 0.25) is 0 Å². The molecule has 0 saturated carbocycles. The van der Waals surface area contributed by atoms with Gasteiger partial charge in [0.2, 0.25) is 0 Å². The summed E-state index contributed by atoms with van der Waals surface area (Å²) in [5.41, 5.74) is 12.1. The molecule has 0 spiro atoms. The molecule has 3 nitrogen and oxygen atoms in total. The van der Waals surface area contributed by atoms with E-state index in [2.05, 4.69) is 176 Å². The standard InChI is InChI=1S/C47H29N3/c1-3-11-30(12-4-1)37-26-38(31-13-5-2-6-14-31)28-39(27-37)46-47-41(40-17-9-10-18-43(40)49-46)29-36-22-20-33-23-24-42(48-44(33)45(36)50-47)35-21-19-32-15-7-8-16-34(32)25-35/h1-29H. The Morgan fingerprint density at radius 3 is 1.66 bits per heavy atom. The van der Waals surface area contributed by atoms with Crippen molar-refractivity contribution in [2.75, 3.05) is 0 Å². The molecular formula is C47H29N3. The lowest BCUT2D eigenvalue weighted by atomic mass is 9.93. The molecular weight excluding hydrogens is 607 g/mol. The first kappa shape index (κ1) is 28.3. The number of hydrogen-bond donors (Lipinski definition) is 0. The van der Waals surface area contributed by atoms with E-state index < -0.39 is 0 Å². The molecule has 0 amide bonds. The molecule has 0 radical (unpaired) electrons. The Morgan fingerprint density at radius 1 is 0.280 bits per heavy atom. The van der Waals surface area contributed by atoms with Crippen LogP contribution in [0.4, 0.5) is 0 Å². The molecule has 0 fully saturated rings. The maximum atomic E-state index is 5.50. The van der Waals surface area contributed by atoms with Crippen molar-refractivity contribution in [3.63, 3.8) is 0 Å². The minimum atomic E-state index is 0.859. The van der Waals surface area contributed by atoms with E-state index in [0.29, 0.717) is 0 Å². The van der Waals surface area contributed by atoms with E-state index in [1.54, 1.807) is 0 Å². The van der Waals surface area contributed by atoms with Crippen LogP contribution in [0.5, 0.6) is 0 Å². The van der Waals surface area contributed by atoms with Crippen molar-refractivity contribution in [2.45, 2.75) is 0 Å². The zero-order valence-corrected chi connectivity index (χ0v) is 27.1. The van der Waals surface area contributed by atoms with Gasteiger partial charge in [0.1, 0.15) is 0 Å². The summed E-state index contributed by atoms with van der Waals surface area (Å²) in [7, 11) is 0. The molecule has 0 bridgehead atoms. The van der Waals surface area contributed by atoms with Gasteiger partial charge in [-0.3, -0.25) is 0 Å². The fourth-order valence-electron chi connectivity index (χ4n) is 7.25. The molecule has 0 saturated heterocycles. The summed E-state index contributed by atoms with van der Waals surface area (Å²) in [5.74, 6) is 0. The molecule has 0 atom stereocenters. The third-order valence-electron chi connectivity index (χ3n) is 9.76. The molecule has 10 rings (SSSR count). The summed E-state index contributed by atoms with van der Waals surface area (Å²) < 4.78 is 0. The van der Waals surface area contributed by atoms with Gasteiger partial charge in [0, 0.05) is 32.7 Å². The average Bonchev–Trinajstić information content (AvgIpc) is 3.20. The molecule has 3 heterocycles. The van der Waals surface area contributed by atoms with E-state index >= 15 is 0 Å². The first-order valence-electron chi connectivity index (χ1n) is 16.9. The first-order chi connectivity index (χ1) is 24.7. The largest absolute Gasteiger partial charge is 0.245 e. The smallest absolute Gasteiger partial charge is 0.0980 e. The monoisotopic (exact) mass is 635 g/mol. The van der Waals surface area contributed by atoms with Gasteiger partial charge in [-0.1, -0.05) is 133 Å². The minimum absolute atomic E-state index is 0.859. The Hall–Kier alpha value is -6.71. The maximum absolute atomic E-state index is 5.50. The number of para-hydroxylation sites is 1. The van der Waals surface area contributed by atoms with E-state index in [-0.39, 0.29) is 0 Å². The highest BCUT2D eigenvalue weighted by molar-refractivity contribution is 6.15. The molecule has 7 aromatic carbocycles. The Kier molecular flexibility index (Phi) is 6.49. The SMILES string of the molecule is c1ccc(-c2cc(-c3ccccc3)cc(-c3nc4ccccc4c4cc5ccc6ccc(-c7ccc8ccccc8c7)nc6c5nc34)c2)cc1. The van der Waals surface area contributed by atoms with Gasteiger partial charge in [-0.05, 0) is 75.5 Å². The number of aromatic nitrogens is 3. The highest BCUT2D eigenvalue weighted by atomic mass is 14.8. The lowest BCUT2D eigenvalue weighted by Gasteiger charge is -2.15. The van der Waals surface area contributed by atoms with Crippen molar-refractivity contribution in [3.05, 3.63) is 176 Å². The van der Waals surface area contributed by atoms with Crippen molar-refractivity contribution in [1.82, 2.24) is 15.0 Å². The van der Waals surface area contributed by atoms with Gasteiger partial charge in [-0.25, -0.2) is 15.0 Å². The van der Waals surface area contributed by atoms with Crippen LogP contribution < -0.4 is 0 Å². The van der Waals surface area contributed by atoms with E-state index in [1.165, 1.54) is 10.8 Å². The molecule has 0 N–H and O–H groups in total. The fourth-order valence-corrected chi connectivity index (χ4v) is 7.25. The fraction of sp³-hybridized carbons (Fsp3) is 0. The second-order valence-corrected chi connectivity index (χ2v) is 12.9. The first-order valence-corrected chi connectivity index (χ1v) is 16.9. The summed E-state index contributed by atoms with van der Waals surface area (Å²) in [6.45, 7) is 0. The molecule has 3 aromatic heterocycles. The average molecular weight is 636 g/mol. The zero-order chi connectivity index (χ0) is 33.0. The Bertz CT molecular complexity index is 2860. The Balaban J connectivity index is 1.25. The van der Waals surface area contributed by atoms with Crippen LogP contribution in [0.15, 0.2) is 176 Å². The molecule has 10 aromatic rings. The van der Waals surface area contributed by atoms with Gasteiger partial charge >= 0.3 is 0 Å². The number of rotatable bonds is 4. The van der Waals surface area contributed by atoms with Crippen LogP contribution >= 0.6 is 0 Å². The quantitative estimate of drug-likeness (QED) is 0.143. The van der Waals surface area contributed by atoms with Gasteiger partial charge in [-0.15, -0.1) is 0 Å². The second kappa shape index (κ2) is 11.5. The lowest BCUT2D eigenvalue weighted by Crippen LogP contribution is -1.95. The highest BCUT2D eigenvalue weighted by Crippen LogP contribution is 2.39. The van der Waals surface area contributed by atoms with Crippen molar-refractivity contribution < 1.29 is 0 Å². The minimum Gasteiger partial charge on any atom is -0.245 e. The van der Waals surface area contributed by atoms with Crippen molar-refractivity contribution >= 4 is 54.4 Å². The number of nitrogens with zero attached hydrogens (tertiary/aromatic N) is 3. The van der Waals surface area contributed by atoms with E-state index in [1.807, 2.05) is 0 Å². The summed E-state index contributed by atoms with van der Waals surface area (Å²) in [4.78, 5) is 16.1. The highest BCUT2D eigenvalue weighted by Gasteiger charge is 2.17. The number of hydrogen-bond acceptors (Lipinski definition) is 3. The van der Waals surface area contributed by atoms with Crippen LogP contribution in [-0.4, -0.2) is 15.0 Å². The van der Waals surface area contributed by atoms with Crippen LogP contribution in [0.1, 0.15) is 0 Å². The van der Waals surface area contributed by atoms with Crippen LogP contribution in [-0.2, 0) is 0 Å². The summed E-state index contributed by atoms with van der Waals surface area (Å²) in [6, 6.07) is 62.1. The van der Waals surface area contributed by atoms with Crippen LogP contribution in [0.3, 0.4) is 0 Å². The molecule has 0 aliphatic carbocycles. The second-order valence-electron chi connectivity index (χ2n) is 12.9. The van der Waals surface area contributed by atoms with E-state index in [0.717, 1.165) is 88.4 Å². The lowest BCUT2D eigenvalue weighted by molar-refractivity contribution is 1.37. The van der Waals surface area contributed by atoms with Gasteiger partial charge in [0.25, 0.3) is 0 Å². The van der Waals surface area contributed by atoms with Crippen molar-refractivity contribution in [1.29, 1.82) is 0 Å². The molecule has 3 heteroatoms. The molecule has 0 unspecified atom stereocenters. The summed E-state index contributed by atoms with van der Waals surface area (Å²) in [5, 5.41) is 6.69.